The average molecular weight is 547 g/mol. The van der Waals surface area contributed by atoms with Crippen molar-refractivity contribution in [2.45, 2.75) is 38.4 Å². The fraction of sp³-hybridized carbons (Fsp3) is 0.500. The highest BCUT2D eigenvalue weighted by molar-refractivity contribution is 7.89. The molecule has 3 heterocycles. The first-order valence-corrected chi connectivity index (χ1v) is 14.5. The largest absolute Gasteiger partial charge is 0.354 e. The van der Waals surface area contributed by atoms with Crippen LogP contribution in [0.2, 0.25) is 0 Å². The van der Waals surface area contributed by atoms with Gasteiger partial charge in [0.15, 0.2) is 12.1 Å². The molecule has 0 unspecified atom stereocenters. The summed E-state index contributed by atoms with van der Waals surface area (Å²) in [5.41, 5.74) is 0.310. The lowest BCUT2D eigenvalue weighted by Crippen LogP contribution is -2.47. The zero-order valence-corrected chi connectivity index (χ0v) is 23.7. The van der Waals surface area contributed by atoms with E-state index in [1.54, 1.807) is 24.4 Å². The molecule has 0 N–H and O–H groups in total. The number of carbonyl (C=O) groups excluding carboxylic acids is 1. The molecule has 0 spiro atoms. The highest BCUT2D eigenvalue weighted by atomic mass is 32.2. The van der Waals surface area contributed by atoms with Crippen molar-refractivity contribution < 1.29 is 22.7 Å². The number of anilines is 1. The van der Waals surface area contributed by atoms with Gasteiger partial charge in [0.2, 0.25) is 10.0 Å². The number of ether oxygens (including phenoxy) is 2. The van der Waals surface area contributed by atoms with Crippen LogP contribution in [0, 0.1) is 0 Å². The number of piperazine rings is 1. The van der Waals surface area contributed by atoms with E-state index < -0.39 is 10.0 Å². The van der Waals surface area contributed by atoms with Crippen LogP contribution >= 0.6 is 0 Å². The predicted octanol–water partition coefficient (Wildman–Crippen LogP) is 3.69. The van der Waals surface area contributed by atoms with Crippen LogP contribution in [0.25, 0.3) is 0 Å². The van der Waals surface area contributed by atoms with Gasteiger partial charge in [0.25, 0.3) is 0 Å². The fourth-order valence-corrected chi connectivity index (χ4v) is 5.97. The molecule has 2 aliphatic heterocycles. The highest BCUT2D eigenvalue weighted by Gasteiger charge is 2.35. The van der Waals surface area contributed by atoms with E-state index >= 15 is 0 Å². The number of hydrogen-bond donors (Lipinski definition) is 0. The van der Waals surface area contributed by atoms with Crippen molar-refractivity contribution in [2.24, 2.45) is 0 Å². The van der Waals surface area contributed by atoms with Gasteiger partial charge in [-0.1, -0.05) is 18.2 Å². The maximum atomic E-state index is 12.8. The molecule has 210 valence electrons. The minimum absolute atomic E-state index is 0.0370. The van der Waals surface area contributed by atoms with Gasteiger partial charge >= 0.3 is 0 Å². The number of pyridine rings is 1. The molecule has 0 amide bonds. The lowest BCUT2D eigenvalue weighted by molar-refractivity contribution is -0.123. The molecular weight excluding hydrogens is 504 g/mol. The number of benzene rings is 1. The molecule has 10 heteroatoms. The van der Waals surface area contributed by atoms with Crippen molar-refractivity contribution in [1.29, 1.82) is 0 Å². The molecule has 1 aromatic carbocycles. The number of ketones is 1. The summed E-state index contributed by atoms with van der Waals surface area (Å²) in [6.07, 6.45) is 2.48. The molecule has 0 bridgehead atoms. The molecule has 1 fully saturated rings. The number of carbonyl (C=O) groups is 1. The summed E-state index contributed by atoms with van der Waals surface area (Å²) in [5, 5.41) is 0. The van der Waals surface area contributed by atoms with Crippen molar-refractivity contribution in [3.63, 3.8) is 0 Å². The number of Topliss-reactive ketones (excluding diaryl/α,β-unsaturated/α-hetero) is 1. The summed E-state index contributed by atoms with van der Waals surface area (Å²) < 4.78 is 37.0. The Bertz CT molecular complexity index is 1070. The Morgan fingerprint density at radius 1 is 0.947 bits per heavy atom. The van der Waals surface area contributed by atoms with E-state index in [1.807, 2.05) is 39.0 Å². The second-order valence-electron chi connectivity index (χ2n) is 8.61. The van der Waals surface area contributed by atoms with Crippen LogP contribution in [-0.4, -0.2) is 93.7 Å². The average Bonchev–Trinajstić information content (AvgIpc) is 2.94. The molecule has 2 aliphatic rings. The summed E-state index contributed by atoms with van der Waals surface area (Å²) in [7, 11) is -3.59. The van der Waals surface area contributed by atoms with Gasteiger partial charge in [0.1, 0.15) is 5.82 Å². The van der Waals surface area contributed by atoms with Gasteiger partial charge in [0.05, 0.1) is 11.4 Å². The molecule has 0 saturated carbocycles. The second-order valence-corrected chi connectivity index (χ2v) is 10.5. The molecule has 1 saturated heterocycles. The molecule has 0 atom stereocenters. The van der Waals surface area contributed by atoms with E-state index in [2.05, 4.69) is 27.9 Å². The topological polar surface area (TPSA) is 92.3 Å². The third kappa shape index (κ3) is 8.99. The predicted molar refractivity (Wildman–Crippen MR) is 151 cm³/mol. The molecule has 1 aromatic heterocycles. The van der Waals surface area contributed by atoms with Gasteiger partial charge in [-0.05, 0) is 58.0 Å². The van der Waals surface area contributed by atoms with E-state index in [0.29, 0.717) is 18.5 Å². The van der Waals surface area contributed by atoms with Crippen molar-refractivity contribution in [3.05, 3.63) is 67.4 Å². The van der Waals surface area contributed by atoms with Crippen LogP contribution in [0.3, 0.4) is 0 Å². The monoisotopic (exact) mass is 546 g/mol. The van der Waals surface area contributed by atoms with Gasteiger partial charge in [-0.25, -0.2) is 13.4 Å². The smallest absolute Gasteiger partial charge is 0.244 e. The number of fused-ring (bicyclic) bond motifs is 1. The van der Waals surface area contributed by atoms with Crippen molar-refractivity contribution >= 4 is 21.6 Å². The number of sulfonamides is 1. The third-order valence-corrected chi connectivity index (χ3v) is 8.06. The van der Waals surface area contributed by atoms with Crippen molar-refractivity contribution in [3.8, 4) is 0 Å². The van der Waals surface area contributed by atoms with Crippen molar-refractivity contribution in [2.75, 3.05) is 63.9 Å². The minimum Gasteiger partial charge on any atom is -0.354 e. The van der Waals surface area contributed by atoms with Crippen LogP contribution in [0.15, 0.2) is 66.7 Å². The quantitative estimate of drug-likeness (QED) is 0.347. The Morgan fingerprint density at radius 3 is 2.18 bits per heavy atom. The van der Waals surface area contributed by atoms with Crippen LogP contribution < -0.4 is 4.90 Å². The second kappa shape index (κ2) is 16.4. The molecule has 9 nitrogen and oxygen atoms in total. The molecule has 2 aromatic rings. The summed E-state index contributed by atoms with van der Waals surface area (Å²) in [5.74, 6) is 0.869. The summed E-state index contributed by atoms with van der Waals surface area (Å²) in [6.45, 7) is 18.0. The maximum absolute atomic E-state index is 12.8. The van der Waals surface area contributed by atoms with Gasteiger partial charge in [0, 0.05) is 57.7 Å². The Balaban J connectivity index is 0.000000437. The standard InChI is InChI=1S/C20H24N4O3S.C6H14O2.C2H4/c25-18-16-24(28(26,27)19-7-2-1-6-17(18)19)11-5-10-22-12-14-23(15-13-22)20-8-3-4-9-21-20;1-4-7-6(3)8-5-2;1-2/h1-4,6-9H,5,10-16H2;6H,4-5H2,1-3H3;1-2H2. The zero-order chi connectivity index (χ0) is 28.0. The van der Waals surface area contributed by atoms with E-state index in [4.69, 9.17) is 9.47 Å². The van der Waals surface area contributed by atoms with Gasteiger partial charge in [-0.2, -0.15) is 4.31 Å². The maximum Gasteiger partial charge on any atom is 0.244 e. The number of hydrogen-bond acceptors (Lipinski definition) is 8. The van der Waals surface area contributed by atoms with E-state index in [-0.39, 0.29) is 23.5 Å². The summed E-state index contributed by atoms with van der Waals surface area (Å²) in [6, 6.07) is 12.4. The van der Waals surface area contributed by atoms with Crippen LogP contribution in [0.1, 0.15) is 37.6 Å². The van der Waals surface area contributed by atoms with E-state index in [1.165, 1.54) is 10.4 Å². The van der Waals surface area contributed by atoms with Crippen LogP contribution in [0.5, 0.6) is 0 Å². The Labute approximate surface area is 228 Å². The minimum atomic E-state index is -3.59. The zero-order valence-electron chi connectivity index (χ0n) is 22.9. The highest BCUT2D eigenvalue weighted by Crippen LogP contribution is 2.26. The lowest BCUT2D eigenvalue weighted by atomic mass is 10.1. The first kappa shape index (κ1) is 31.6. The lowest BCUT2D eigenvalue weighted by Gasteiger charge is -2.35. The third-order valence-electron chi connectivity index (χ3n) is 6.16. The fourth-order valence-electron chi connectivity index (χ4n) is 4.32. The van der Waals surface area contributed by atoms with Crippen LogP contribution in [0.4, 0.5) is 5.82 Å². The van der Waals surface area contributed by atoms with E-state index in [9.17, 15) is 13.2 Å². The molecule has 0 radical (unpaired) electrons. The van der Waals surface area contributed by atoms with Crippen molar-refractivity contribution in [1.82, 2.24) is 14.2 Å². The number of nitrogens with zero attached hydrogens (tertiary/aromatic N) is 4. The Morgan fingerprint density at radius 2 is 1.58 bits per heavy atom. The Hall–Kier alpha value is -2.63. The first-order chi connectivity index (χ1) is 18.4. The molecule has 4 rings (SSSR count). The Kier molecular flexibility index (Phi) is 13.6. The molecule has 38 heavy (non-hydrogen) atoms. The van der Waals surface area contributed by atoms with Gasteiger partial charge < -0.3 is 14.4 Å². The number of rotatable bonds is 9. The summed E-state index contributed by atoms with van der Waals surface area (Å²) in [4.78, 5) is 21.4. The van der Waals surface area contributed by atoms with E-state index in [0.717, 1.165) is 51.8 Å². The van der Waals surface area contributed by atoms with Gasteiger partial charge in [-0.15, -0.1) is 13.2 Å². The molecular formula is C28H42N4O5S. The van der Waals surface area contributed by atoms with Gasteiger partial charge in [-0.3, -0.25) is 9.69 Å². The SMILES string of the molecule is C=C.CCOC(C)OCC.O=C1CN(CCCN2CCN(c3ccccn3)CC2)S(=O)(=O)c2ccccc21. The summed E-state index contributed by atoms with van der Waals surface area (Å²) >= 11 is 0. The first-order valence-electron chi connectivity index (χ1n) is 13.1. The van der Waals surface area contributed by atoms with Crippen LogP contribution in [-0.2, 0) is 19.5 Å². The normalized spacial score (nSPS) is 17.2. The number of aromatic nitrogens is 1. The molecule has 0 aliphatic carbocycles.